The molecule has 0 spiro atoms. The Morgan fingerprint density at radius 3 is 2.95 bits per heavy atom. The SMILES string of the molecule is COc1ccc(C)cc1-c1ncc(/C=C/C(=O)O)s1. The van der Waals surface area contributed by atoms with E-state index in [1.165, 1.54) is 17.4 Å². The van der Waals surface area contributed by atoms with Gasteiger partial charge in [0.1, 0.15) is 10.8 Å². The largest absolute Gasteiger partial charge is 0.496 e. The lowest BCUT2D eigenvalue weighted by atomic mass is 10.1. The van der Waals surface area contributed by atoms with Crippen molar-refractivity contribution in [1.29, 1.82) is 0 Å². The molecule has 0 saturated heterocycles. The van der Waals surface area contributed by atoms with Crippen molar-refractivity contribution in [3.8, 4) is 16.3 Å². The highest BCUT2D eigenvalue weighted by Gasteiger charge is 2.09. The number of benzene rings is 1. The molecule has 0 fully saturated rings. The van der Waals surface area contributed by atoms with Crippen LogP contribution in [0.5, 0.6) is 5.75 Å². The molecular formula is C14H13NO3S. The van der Waals surface area contributed by atoms with Crippen molar-refractivity contribution in [2.45, 2.75) is 6.92 Å². The highest BCUT2D eigenvalue weighted by molar-refractivity contribution is 7.15. The van der Waals surface area contributed by atoms with Crippen LogP contribution in [0.15, 0.2) is 30.5 Å². The standard InChI is InChI=1S/C14H13NO3S/c1-9-3-5-12(18-2)11(7-9)14-15-8-10(19-14)4-6-13(16)17/h3-8H,1-2H3,(H,16,17)/b6-4+. The fourth-order valence-corrected chi connectivity index (χ4v) is 2.47. The first-order chi connectivity index (χ1) is 9.10. The Labute approximate surface area is 115 Å². The Morgan fingerprint density at radius 2 is 2.26 bits per heavy atom. The normalized spacial score (nSPS) is 10.8. The first-order valence-electron chi connectivity index (χ1n) is 5.62. The Morgan fingerprint density at radius 1 is 1.47 bits per heavy atom. The van der Waals surface area contributed by atoms with E-state index in [4.69, 9.17) is 9.84 Å². The Hall–Kier alpha value is -2.14. The predicted octanol–water partition coefficient (Wildman–Crippen LogP) is 3.22. The number of thiazole rings is 1. The molecule has 1 aromatic heterocycles. The maximum absolute atomic E-state index is 10.5. The number of rotatable bonds is 4. The molecule has 4 nitrogen and oxygen atoms in total. The van der Waals surface area contributed by atoms with E-state index in [1.807, 2.05) is 25.1 Å². The number of methoxy groups -OCH3 is 1. The lowest BCUT2D eigenvalue weighted by Crippen LogP contribution is -1.88. The van der Waals surface area contributed by atoms with Crippen LogP contribution in [0.3, 0.4) is 0 Å². The van der Waals surface area contributed by atoms with Gasteiger partial charge in [-0.2, -0.15) is 0 Å². The van der Waals surface area contributed by atoms with Crippen LogP contribution in [0.2, 0.25) is 0 Å². The molecule has 2 aromatic rings. The third-order valence-corrected chi connectivity index (χ3v) is 3.50. The van der Waals surface area contributed by atoms with E-state index < -0.39 is 5.97 Å². The topological polar surface area (TPSA) is 59.4 Å². The molecule has 19 heavy (non-hydrogen) atoms. The molecule has 0 radical (unpaired) electrons. The summed E-state index contributed by atoms with van der Waals surface area (Å²) < 4.78 is 5.32. The Kier molecular flexibility index (Phi) is 3.97. The number of hydrogen-bond donors (Lipinski definition) is 1. The number of aliphatic carboxylic acids is 1. The fourth-order valence-electron chi connectivity index (χ4n) is 1.63. The maximum Gasteiger partial charge on any atom is 0.328 e. The van der Waals surface area contributed by atoms with Crippen LogP contribution in [0.1, 0.15) is 10.4 Å². The highest BCUT2D eigenvalue weighted by atomic mass is 32.1. The number of carboxylic acids is 1. The lowest BCUT2D eigenvalue weighted by Gasteiger charge is -2.06. The van der Waals surface area contributed by atoms with E-state index in [2.05, 4.69) is 4.98 Å². The van der Waals surface area contributed by atoms with E-state index in [0.29, 0.717) is 0 Å². The molecule has 0 amide bonds. The van der Waals surface area contributed by atoms with Gasteiger partial charge in [0.05, 0.1) is 12.7 Å². The summed E-state index contributed by atoms with van der Waals surface area (Å²) >= 11 is 1.42. The Bertz CT molecular complexity index is 631. The van der Waals surface area contributed by atoms with Gasteiger partial charge in [-0.15, -0.1) is 11.3 Å². The van der Waals surface area contributed by atoms with Gasteiger partial charge in [-0.1, -0.05) is 11.6 Å². The zero-order valence-corrected chi connectivity index (χ0v) is 11.4. The highest BCUT2D eigenvalue weighted by Crippen LogP contribution is 2.33. The molecule has 1 N–H and O–H groups in total. The predicted molar refractivity (Wildman–Crippen MR) is 75.5 cm³/mol. The van der Waals surface area contributed by atoms with Gasteiger partial charge >= 0.3 is 5.97 Å². The number of aryl methyl sites for hydroxylation is 1. The van der Waals surface area contributed by atoms with Crippen LogP contribution in [-0.4, -0.2) is 23.2 Å². The second-order valence-corrected chi connectivity index (χ2v) is 5.01. The van der Waals surface area contributed by atoms with E-state index in [-0.39, 0.29) is 0 Å². The van der Waals surface area contributed by atoms with Crippen molar-refractivity contribution in [2.75, 3.05) is 7.11 Å². The smallest absolute Gasteiger partial charge is 0.328 e. The van der Waals surface area contributed by atoms with Gasteiger partial charge in [-0.05, 0) is 25.1 Å². The van der Waals surface area contributed by atoms with Gasteiger partial charge in [-0.25, -0.2) is 9.78 Å². The van der Waals surface area contributed by atoms with Gasteiger partial charge in [0.25, 0.3) is 0 Å². The molecule has 2 rings (SSSR count). The molecule has 0 aliphatic rings. The molecule has 0 saturated carbocycles. The number of ether oxygens (including phenoxy) is 1. The first-order valence-corrected chi connectivity index (χ1v) is 6.43. The van der Waals surface area contributed by atoms with Crippen molar-refractivity contribution in [3.63, 3.8) is 0 Å². The zero-order chi connectivity index (χ0) is 13.8. The number of aromatic nitrogens is 1. The van der Waals surface area contributed by atoms with Gasteiger partial charge in [-0.3, -0.25) is 0 Å². The van der Waals surface area contributed by atoms with E-state index >= 15 is 0 Å². The minimum Gasteiger partial charge on any atom is -0.496 e. The summed E-state index contributed by atoms with van der Waals surface area (Å²) in [5, 5.41) is 9.41. The number of carbonyl (C=O) groups is 1. The summed E-state index contributed by atoms with van der Waals surface area (Å²) in [6, 6.07) is 5.88. The number of hydrogen-bond acceptors (Lipinski definition) is 4. The fraction of sp³-hybridized carbons (Fsp3) is 0.143. The molecule has 0 atom stereocenters. The average molecular weight is 275 g/mol. The summed E-state index contributed by atoms with van der Waals surface area (Å²) in [5.74, 6) is -0.211. The first kappa shape index (κ1) is 13.3. The summed E-state index contributed by atoms with van der Waals surface area (Å²) in [7, 11) is 1.62. The van der Waals surface area contributed by atoms with Gasteiger partial charge in [0.15, 0.2) is 0 Å². The molecular weight excluding hydrogens is 262 g/mol. The molecule has 1 aromatic carbocycles. The summed E-state index contributed by atoms with van der Waals surface area (Å²) in [6.07, 6.45) is 4.29. The monoisotopic (exact) mass is 275 g/mol. The minimum atomic E-state index is -0.969. The summed E-state index contributed by atoms with van der Waals surface area (Å²) in [5.41, 5.74) is 2.04. The van der Waals surface area contributed by atoms with Crippen LogP contribution >= 0.6 is 11.3 Å². The van der Waals surface area contributed by atoms with Crippen LogP contribution in [0, 0.1) is 6.92 Å². The second kappa shape index (κ2) is 5.67. The van der Waals surface area contributed by atoms with Crippen LogP contribution in [0.4, 0.5) is 0 Å². The second-order valence-electron chi connectivity index (χ2n) is 3.94. The number of nitrogens with zero attached hydrogens (tertiary/aromatic N) is 1. The van der Waals surface area contributed by atoms with Crippen LogP contribution in [0.25, 0.3) is 16.6 Å². The third kappa shape index (κ3) is 3.20. The number of carboxylic acid groups (broad SMARTS) is 1. The van der Waals surface area contributed by atoms with E-state index in [1.54, 1.807) is 13.3 Å². The van der Waals surface area contributed by atoms with E-state index in [0.717, 1.165) is 32.8 Å². The molecule has 0 aliphatic heterocycles. The van der Waals surface area contributed by atoms with Gasteiger partial charge < -0.3 is 9.84 Å². The van der Waals surface area contributed by atoms with Crippen LogP contribution < -0.4 is 4.74 Å². The van der Waals surface area contributed by atoms with Gasteiger partial charge in [0, 0.05) is 17.2 Å². The molecule has 0 aliphatic carbocycles. The molecule has 0 bridgehead atoms. The maximum atomic E-state index is 10.5. The summed E-state index contributed by atoms with van der Waals surface area (Å²) in [6.45, 7) is 2.00. The van der Waals surface area contributed by atoms with E-state index in [9.17, 15) is 4.79 Å². The molecule has 1 heterocycles. The van der Waals surface area contributed by atoms with Crippen molar-refractivity contribution >= 4 is 23.4 Å². The van der Waals surface area contributed by atoms with Crippen molar-refractivity contribution < 1.29 is 14.6 Å². The Balaban J connectivity index is 2.37. The minimum absolute atomic E-state index is 0.758. The molecule has 0 unspecified atom stereocenters. The zero-order valence-electron chi connectivity index (χ0n) is 10.6. The average Bonchev–Trinajstić information content (AvgIpc) is 2.85. The van der Waals surface area contributed by atoms with Crippen molar-refractivity contribution in [2.24, 2.45) is 0 Å². The lowest BCUT2D eigenvalue weighted by molar-refractivity contribution is -0.131. The molecule has 98 valence electrons. The van der Waals surface area contributed by atoms with Gasteiger partial charge in [0.2, 0.25) is 0 Å². The quantitative estimate of drug-likeness (QED) is 0.870. The summed E-state index contributed by atoms with van der Waals surface area (Å²) in [4.78, 5) is 15.6. The molecule has 5 heteroatoms. The van der Waals surface area contributed by atoms with Crippen molar-refractivity contribution in [1.82, 2.24) is 4.98 Å². The van der Waals surface area contributed by atoms with Crippen molar-refractivity contribution in [3.05, 3.63) is 40.9 Å². The third-order valence-electron chi connectivity index (χ3n) is 2.50. The van der Waals surface area contributed by atoms with Crippen LogP contribution in [-0.2, 0) is 4.79 Å².